The van der Waals surface area contributed by atoms with E-state index >= 15 is 0 Å². The van der Waals surface area contributed by atoms with Crippen LogP contribution < -0.4 is 0 Å². The first kappa shape index (κ1) is 53.7. The van der Waals surface area contributed by atoms with Gasteiger partial charge >= 0.3 is 11.9 Å². The Morgan fingerprint density at radius 3 is 1.09 bits per heavy atom. The van der Waals surface area contributed by atoms with Gasteiger partial charge in [0.25, 0.3) is 0 Å². The molecule has 0 heterocycles. The summed E-state index contributed by atoms with van der Waals surface area (Å²) in [5, 5.41) is 17.9. The number of hydrogen-bond donors (Lipinski definition) is 2. The van der Waals surface area contributed by atoms with Crippen molar-refractivity contribution in [3.8, 4) is 0 Å². The molecule has 0 amide bonds. The highest BCUT2D eigenvalue weighted by Crippen LogP contribution is 2.15. The van der Waals surface area contributed by atoms with Crippen molar-refractivity contribution in [2.24, 2.45) is 0 Å². The molecule has 0 bridgehead atoms. The van der Waals surface area contributed by atoms with Gasteiger partial charge in [-0.15, -0.1) is 0 Å². The lowest BCUT2D eigenvalue weighted by Crippen LogP contribution is -2.37. The van der Waals surface area contributed by atoms with Crippen molar-refractivity contribution in [2.75, 3.05) is 79.1 Å². The highest BCUT2D eigenvalue weighted by Gasteiger charge is 2.13. The topological polar surface area (TPSA) is 124 Å². The number of ether oxygens (including phenoxy) is 5. The largest absolute Gasteiger partial charge is 0.480 e. The van der Waals surface area contributed by atoms with E-state index in [1.54, 1.807) is 0 Å². The fraction of sp³-hybridized carbons (Fsp3) is 0.956. The average Bonchev–Trinajstić information content (AvgIpc) is 3.16. The van der Waals surface area contributed by atoms with Crippen molar-refractivity contribution in [1.29, 1.82) is 0 Å². The van der Waals surface area contributed by atoms with E-state index in [4.69, 9.17) is 33.9 Å². The maximum Gasteiger partial charge on any atom is 0.317 e. The molecular formula is C45H89NO9. The minimum Gasteiger partial charge on any atom is -0.480 e. The van der Waals surface area contributed by atoms with Gasteiger partial charge in [0.2, 0.25) is 0 Å². The second-order valence-corrected chi connectivity index (χ2v) is 15.6. The van der Waals surface area contributed by atoms with Crippen LogP contribution >= 0.6 is 0 Å². The molecule has 0 rings (SSSR count). The van der Waals surface area contributed by atoms with Crippen molar-refractivity contribution in [3.05, 3.63) is 0 Å². The summed E-state index contributed by atoms with van der Waals surface area (Å²) in [6.45, 7) is 8.47. The third-order valence-corrected chi connectivity index (χ3v) is 10.1. The van der Waals surface area contributed by atoms with Crippen molar-refractivity contribution in [1.82, 2.24) is 4.90 Å². The van der Waals surface area contributed by atoms with Crippen LogP contribution in [0.1, 0.15) is 194 Å². The van der Waals surface area contributed by atoms with Gasteiger partial charge in [0, 0.05) is 19.8 Å². The van der Waals surface area contributed by atoms with E-state index in [1.807, 2.05) is 0 Å². The quantitative estimate of drug-likeness (QED) is 0.0576. The molecule has 0 saturated carbocycles. The number of hydrogen-bond acceptors (Lipinski definition) is 8. The number of aliphatic carboxylic acids is 2. The molecule has 0 fully saturated rings. The molecule has 0 aromatic carbocycles. The molecule has 1 atom stereocenters. The minimum absolute atomic E-state index is 0.0866. The fourth-order valence-corrected chi connectivity index (χ4v) is 6.75. The normalized spacial score (nSPS) is 12.2. The zero-order valence-electron chi connectivity index (χ0n) is 36.1. The summed E-state index contributed by atoms with van der Waals surface area (Å²) in [7, 11) is 0. The second-order valence-electron chi connectivity index (χ2n) is 15.6. The third kappa shape index (κ3) is 45.3. The smallest absolute Gasteiger partial charge is 0.317 e. The Morgan fingerprint density at radius 1 is 0.400 bits per heavy atom. The first-order valence-corrected chi connectivity index (χ1v) is 23.1. The van der Waals surface area contributed by atoms with Crippen LogP contribution in [0, 0.1) is 0 Å². The van der Waals surface area contributed by atoms with E-state index in [0.29, 0.717) is 39.6 Å². The van der Waals surface area contributed by atoms with Gasteiger partial charge in [0.05, 0.1) is 59.3 Å². The van der Waals surface area contributed by atoms with Gasteiger partial charge in [-0.05, 0) is 12.8 Å². The molecular weight excluding hydrogens is 698 g/mol. The van der Waals surface area contributed by atoms with Crippen molar-refractivity contribution >= 4 is 11.9 Å². The first-order chi connectivity index (χ1) is 27.0. The average molecular weight is 788 g/mol. The Morgan fingerprint density at radius 2 is 0.709 bits per heavy atom. The molecule has 0 aliphatic rings. The summed E-state index contributed by atoms with van der Waals surface area (Å²) in [5.74, 6) is -2.13. The molecule has 55 heavy (non-hydrogen) atoms. The highest BCUT2D eigenvalue weighted by atomic mass is 16.6. The number of carboxylic acids is 2. The second kappa shape index (κ2) is 45.4. The predicted octanol–water partition coefficient (Wildman–Crippen LogP) is 10.9. The minimum atomic E-state index is -1.07. The number of unbranched alkanes of at least 4 members (excludes halogenated alkanes) is 26. The van der Waals surface area contributed by atoms with Crippen LogP contribution in [0.25, 0.3) is 0 Å². The van der Waals surface area contributed by atoms with Crippen LogP contribution in [0.4, 0.5) is 0 Å². The van der Waals surface area contributed by atoms with Crippen molar-refractivity contribution in [2.45, 2.75) is 200 Å². The van der Waals surface area contributed by atoms with Crippen LogP contribution in [-0.2, 0) is 33.3 Å². The Balaban J connectivity index is 4.09. The van der Waals surface area contributed by atoms with Crippen molar-refractivity contribution in [3.63, 3.8) is 0 Å². The van der Waals surface area contributed by atoms with E-state index in [9.17, 15) is 9.59 Å². The SMILES string of the molecule is CCCCCCCCCCCCCCCCOCC(COCCOCCOCCN(CC(=O)O)CC(=O)O)OCCCCCCCCCCCCCCCC. The van der Waals surface area contributed by atoms with E-state index in [1.165, 1.54) is 172 Å². The van der Waals surface area contributed by atoms with Gasteiger partial charge in [-0.2, -0.15) is 0 Å². The van der Waals surface area contributed by atoms with Gasteiger partial charge in [-0.1, -0.05) is 181 Å². The lowest BCUT2D eigenvalue weighted by Gasteiger charge is -2.19. The van der Waals surface area contributed by atoms with E-state index < -0.39 is 11.9 Å². The molecule has 1 unspecified atom stereocenters. The zero-order chi connectivity index (χ0) is 40.1. The van der Waals surface area contributed by atoms with Gasteiger partial charge in [-0.3, -0.25) is 14.5 Å². The maximum absolute atomic E-state index is 10.9. The molecule has 0 aromatic heterocycles. The summed E-state index contributed by atoms with van der Waals surface area (Å²) in [4.78, 5) is 23.1. The molecule has 328 valence electrons. The van der Waals surface area contributed by atoms with Crippen molar-refractivity contribution < 1.29 is 43.5 Å². The number of carbonyl (C=O) groups is 2. The Bertz CT molecular complexity index is 771. The van der Waals surface area contributed by atoms with Crippen LogP contribution in [0.5, 0.6) is 0 Å². The number of carboxylic acid groups (broad SMARTS) is 2. The van der Waals surface area contributed by atoms with E-state index in [0.717, 1.165) is 26.1 Å². The fourth-order valence-electron chi connectivity index (χ4n) is 6.75. The van der Waals surface area contributed by atoms with Gasteiger partial charge < -0.3 is 33.9 Å². The lowest BCUT2D eigenvalue weighted by molar-refractivity contribution is -0.142. The van der Waals surface area contributed by atoms with Gasteiger partial charge in [0.15, 0.2) is 0 Å². The maximum atomic E-state index is 10.9. The predicted molar refractivity (Wildman–Crippen MR) is 225 cm³/mol. The molecule has 2 N–H and O–H groups in total. The summed E-state index contributed by atoms with van der Waals surface area (Å²) < 4.78 is 29.3. The Kier molecular flexibility index (Phi) is 44.3. The molecule has 10 heteroatoms. The van der Waals surface area contributed by atoms with Crippen LogP contribution in [-0.4, -0.2) is 112 Å². The summed E-state index contributed by atoms with van der Waals surface area (Å²) in [6, 6.07) is 0. The molecule has 0 aromatic rings. The van der Waals surface area contributed by atoms with Gasteiger partial charge in [-0.25, -0.2) is 0 Å². The van der Waals surface area contributed by atoms with E-state index in [2.05, 4.69) is 13.8 Å². The Hall–Kier alpha value is -1.30. The summed E-state index contributed by atoms with van der Waals surface area (Å²) >= 11 is 0. The number of nitrogens with zero attached hydrogens (tertiary/aromatic N) is 1. The van der Waals surface area contributed by atoms with Gasteiger partial charge in [0.1, 0.15) is 6.10 Å². The summed E-state index contributed by atoms with van der Waals surface area (Å²) in [5.41, 5.74) is 0. The molecule has 0 aliphatic heterocycles. The standard InChI is InChI=1S/C45H89NO9/c1-3-5-7-9-11-13-15-17-19-21-23-25-27-29-32-53-41-43(55-33-30-28-26-24-22-20-18-16-14-12-10-8-6-4-2)42-54-38-37-52-36-35-51-34-31-46(39-44(47)48)40-45(49)50/h43H,3-42H2,1-2H3,(H,47,48)(H,49,50). The van der Waals surface area contributed by atoms with Crippen LogP contribution in [0.3, 0.4) is 0 Å². The van der Waals surface area contributed by atoms with Crippen LogP contribution in [0.2, 0.25) is 0 Å². The lowest BCUT2D eigenvalue weighted by atomic mass is 10.0. The Labute approximate surface area is 338 Å². The van der Waals surface area contributed by atoms with E-state index in [-0.39, 0.29) is 32.3 Å². The highest BCUT2D eigenvalue weighted by molar-refractivity contribution is 5.72. The monoisotopic (exact) mass is 788 g/mol. The molecule has 0 aliphatic carbocycles. The third-order valence-electron chi connectivity index (χ3n) is 10.1. The zero-order valence-corrected chi connectivity index (χ0v) is 36.1. The molecule has 0 saturated heterocycles. The molecule has 10 nitrogen and oxygen atoms in total. The number of rotatable bonds is 48. The summed E-state index contributed by atoms with van der Waals surface area (Å²) in [6.07, 6.45) is 37.6. The molecule has 0 radical (unpaired) electrons. The van der Waals surface area contributed by atoms with Crippen LogP contribution in [0.15, 0.2) is 0 Å². The first-order valence-electron chi connectivity index (χ1n) is 23.1. The molecule has 0 spiro atoms.